The number of benzene rings is 3. The molecule has 3 N–H and O–H groups in total. The van der Waals surface area contributed by atoms with Gasteiger partial charge in [0, 0.05) is 6.54 Å². The number of nitrogens with one attached hydrogen (secondary N) is 2. The first kappa shape index (κ1) is 21.9. The number of halogens is 2. The number of anilines is 1. The topological polar surface area (TPSA) is 87.1 Å². The summed E-state index contributed by atoms with van der Waals surface area (Å²) in [5, 5.41) is 15.7. The summed E-state index contributed by atoms with van der Waals surface area (Å²) in [6.45, 7) is 0.550. The average molecular weight is 467 g/mol. The number of hydrogen-bond donors (Lipinski definition) is 3. The molecule has 0 aliphatic heterocycles. The number of aromatic hydroxyl groups is 1. The predicted molar refractivity (Wildman–Crippen MR) is 128 cm³/mol. The van der Waals surface area contributed by atoms with E-state index in [4.69, 9.17) is 23.2 Å². The maximum absolute atomic E-state index is 12.2. The largest absolute Gasteiger partial charge is 0.505 e. The van der Waals surface area contributed by atoms with Gasteiger partial charge in [-0.15, -0.1) is 0 Å². The molecule has 4 aromatic rings. The van der Waals surface area contributed by atoms with Crippen molar-refractivity contribution in [2.45, 2.75) is 12.8 Å². The van der Waals surface area contributed by atoms with E-state index in [1.165, 1.54) is 11.8 Å². The number of aryl methyl sites for hydroxylation is 1. The molecule has 0 bridgehead atoms. The van der Waals surface area contributed by atoms with E-state index in [-0.39, 0.29) is 21.8 Å². The lowest BCUT2D eigenvalue weighted by Crippen LogP contribution is -2.30. The van der Waals surface area contributed by atoms with E-state index in [1.54, 1.807) is 12.1 Å². The van der Waals surface area contributed by atoms with Crippen LogP contribution in [0, 0.1) is 0 Å². The third-order valence-corrected chi connectivity index (χ3v) is 5.48. The molecule has 4 rings (SSSR count). The molecular formula is C24H20Cl2N4O2. The molecule has 0 saturated heterocycles. The van der Waals surface area contributed by atoms with Gasteiger partial charge in [0.05, 0.1) is 27.3 Å². The molecule has 2 amide bonds. The van der Waals surface area contributed by atoms with Crippen LogP contribution in [0.3, 0.4) is 0 Å². The van der Waals surface area contributed by atoms with Crippen molar-refractivity contribution in [3.63, 3.8) is 0 Å². The molecule has 0 radical (unpaired) electrons. The Balaban J connectivity index is 1.42. The summed E-state index contributed by atoms with van der Waals surface area (Å²) in [5.74, 6) is 0.191. The van der Waals surface area contributed by atoms with E-state index in [1.807, 2.05) is 36.4 Å². The Morgan fingerprint density at radius 3 is 2.44 bits per heavy atom. The van der Waals surface area contributed by atoms with Crippen LogP contribution in [0.1, 0.15) is 12.0 Å². The minimum Gasteiger partial charge on any atom is -0.505 e. The van der Waals surface area contributed by atoms with Gasteiger partial charge in [-0.25, -0.2) is 9.78 Å². The second kappa shape index (κ2) is 9.85. The van der Waals surface area contributed by atoms with Gasteiger partial charge in [0.1, 0.15) is 0 Å². The molecule has 162 valence electrons. The average Bonchev–Trinajstić information content (AvgIpc) is 2.80. The van der Waals surface area contributed by atoms with Gasteiger partial charge in [-0.3, -0.25) is 10.3 Å². The highest BCUT2D eigenvalue weighted by molar-refractivity contribution is 6.37. The van der Waals surface area contributed by atoms with Gasteiger partial charge in [0.2, 0.25) is 0 Å². The molecule has 0 unspecified atom stereocenters. The van der Waals surface area contributed by atoms with E-state index < -0.39 is 0 Å². The first-order valence-corrected chi connectivity index (χ1v) is 10.8. The van der Waals surface area contributed by atoms with E-state index in [0.29, 0.717) is 23.4 Å². The third-order valence-electron chi connectivity index (χ3n) is 4.90. The monoisotopic (exact) mass is 466 g/mol. The van der Waals surface area contributed by atoms with Crippen molar-refractivity contribution in [3.8, 4) is 16.9 Å². The normalized spacial score (nSPS) is 10.8. The summed E-state index contributed by atoms with van der Waals surface area (Å²) in [6, 6.07) is 18.6. The Morgan fingerprint density at radius 2 is 1.69 bits per heavy atom. The Labute approximate surface area is 195 Å². The second-order valence-electron chi connectivity index (χ2n) is 7.22. The Kier molecular flexibility index (Phi) is 6.73. The first-order chi connectivity index (χ1) is 15.5. The molecule has 8 heteroatoms. The molecule has 0 aliphatic rings. The molecule has 0 aliphatic carbocycles. The number of fused-ring (bicyclic) bond motifs is 1. The highest BCUT2D eigenvalue weighted by Crippen LogP contribution is 2.36. The summed E-state index contributed by atoms with van der Waals surface area (Å²) >= 11 is 12.1. The van der Waals surface area contributed by atoms with Gasteiger partial charge in [-0.2, -0.15) is 0 Å². The molecule has 1 aromatic heterocycles. The highest BCUT2D eigenvalue weighted by Gasteiger charge is 2.10. The molecule has 0 fully saturated rings. The van der Waals surface area contributed by atoms with Gasteiger partial charge in [-0.1, -0.05) is 59.6 Å². The van der Waals surface area contributed by atoms with Crippen LogP contribution in [-0.2, 0) is 6.42 Å². The number of amides is 2. The fourth-order valence-corrected chi connectivity index (χ4v) is 3.77. The van der Waals surface area contributed by atoms with Crippen LogP contribution < -0.4 is 10.6 Å². The van der Waals surface area contributed by atoms with E-state index in [0.717, 1.165) is 24.0 Å². The Bertz CT molecular complexity index is 1240. The zero-order valence-electron chi connectivity index (χ0n) is 17.0. The first-order valence-electron chi connectivity index (χ1n) is 10.0. The third kappa shape index (κ3) is 5.28. The number of aromatic nitrogens is 2. The molecule has 32 heavy (non-hydrogen) atoms. The number of hydrogen-bond acceptors (Lipinski definition) is 4. The van der Waals surface area contributed by atoms with Crippen LogP contribution in [0.25, 0.3) is 22.2 Å². The lowest BCUT2D eigenvalue weighted by atomic mass is 10.0. The zero-order chi connectivity index (χ0) is 22.5. The van der Waals surface area contributed by atoms with E-state index in [9.17, 15) is 9.90 Å². The standard InChI is InChI=1S/C24H20Cl2N4O2/c25-18-11-17(12-19(26)23(18)31)16-8-9-20-21(13-16)29-22(14-28-20)30-24(32)27-10-4-7-15-5-2-1-3-6-15/h1-3,5-6,8-9,11-14,31H,4,7,10H2,(H2,27,29,30,32). The molecule has 6 nitrogen and oxygen atoms in total. The number of phenols is 1. The van der Waals surface area contributed by atoms with Gasteiger partial charge < -0.3 is 10.4 Å². The van der Waals surface area contributed by atoms with Gasteiger partial charge in [0.25, 0.3) is 0 Å². The SMILES string of the molecule is O=C(NCCCc1ccccc1)Nc1cnc2ccc(-c3cc(Cl)c(O)c(Cl)c3)cc2n1. The van der Waals surface area contributed by atoms with Crippen molar-refractivity contribution in [1.82, 2.24) is 15.3 Å². The molecule has 0 saturated carbocycles. The maximum Gasteiger partial charge on any atom is 0.320 e. The summed E-state index contributed by atoms with van der Waals surface area (Å²) < 4.78 is 0. The van der Waals surface area contributed by atoms with Crippen molar-refractivity contribution >= 4 is 46.1 Å². The highest BCUT2D eigenvalue weighted by atomic mass is 35.5. The fourth-order valence-electron chi connectivity index (χ4n) is 3.28. The lowest BCUT2D eigenvalue weighted by Gasteiger charge is -2.09. The van der Waals surface area contributed by atoms with Crippen molar-refractivity contribution < 1.29 is 9.90 Å². The molecule has 0 spiro atoms. The van der Waals surface area contributed by atoms with Gasteiger partial charge in [-0.05, 0) is 53.8 Å². The number of urea groups is 1. The number of carbonyl (C=O) groups excluding carboxylic acids is 1. The Hall–Kier alpha value is -3.35. The zero-order valence-corrected chi connectivity index (χ0v) is 18.5. The van der Waals surface area contributed by atoms with Crippen LogP contribution in [-0.4, -0.2) is 27.7 Å². The van der Waals surface area contributed by atoms with Crippen LogP contribution in [0.2, 0.25) is 10.0 Å². The lowest BCUT2D eigenvalue weighted by molar-refractivity contribution is 0.252. The summed E-state index contributed by atoms with van der Waals surface area (Å²) in [6.07, 6.45) is 3.24. The molecular weight excluding hydrogens is 447 g/mol. The minimum atomic E-state index is -0.333. The van der Waals surface area contributed by atoms with Crippen LogP contribution in [0.15, 0.2) is 66.9 Å². The van der Waals surface area contributed by atoms with Crippen LogP contribution >= 0.6 is 23.2 Å². The number of rotatable bonds is 6. The van der Waals surface area contributed by atoms with Crippen LogP contribution in [0.5, 0.6) is 5.75 Å². The maximum atomic E-state index is 12.2. The molecule has 1 heterocycles. The van der Waals surface area contributed by atoms with Crippen molar-refractivity contribution in [2.75, 3.05) is 11.9 Å². The minimum absolute atomic E-state index is 0.154. The number of carbonyl (C=O) groups is 1. The number of phenolic OH excluding ortho intramolecular Hbond substituents is 1. The fraction of sp³-hybridized carbons (Fsp3) is 0.125. The quantitative estimate of drug-likeness (QED) is 0.301. The summed E-state index contributed by atoms with van der Waals surface area (Å²) in [4.78, 5) is 21.1. The smallest absolute Gasteiger partial charge is 0.320 e. The van der Waals surface area contributed by atoms with E-state index >= 15 is 0 Å². The molecule has 3 aromatic carbocycles. The van der Waals surface area contributed by atoms with Crippen LogP contribution in [0.4, 0.5) is 10.6 Å². The van der Waals surface area contributed by atoms with Gasteiger partial charge >= 0.3 is 6.03 Å². The van der Waals surface area contributed by atoms with Gasteiger partial charge in [0.15, 0.2) is 11.6 Å². The summed E-state index contributed by atoms with van der Waals surface area (Å²) in [5.41, 5.74) is 4.06. The second-order valence-corrected chi connectivity index (χ2v) is 8.03. The predicted octanol–water partition coefficient (Wildman–Crippen LogP) is 6.06. The van der Waals surface area contributed by atoms with Crippen molar-refractivity contribution in [3.05, 3.63) is 82.5 Å². The van der Waals surface area contributed by atoms with E-state index in [2.05, 4.69) is 32.7 Å². The van der Waals surface area contributed by atoms with Crippen molar-refractivity contribution in [1.29, 1.82) is 0 Å². The summed E-state index contributed by atoms with van der Waals surface area (Å²) in [7, 11) is 0. The number of nitrogens with zero attached hydrogens (tertiary/aromatic N) is 2. The molecule has 0 atom stereocenters. The van der Waals surface area contributed by atoms with Crippen molar-refractivity contribution in [2.24, 2.45) is 0 Å². The Morgan fingerprint density at radius 1 is 0.938 bits per heavy atom.